The van der Waals surface area contributed by atoms with E-state index in [1.807, 2.05) is 24.3 Å². The van der Waals surface area contributed by atoms with Crippen LogP contribution in [0.5, 0.6) is 5.75 Å². The Balaban J connectivity index is 1.83. The molecule has 27 heavy (non-hydrogen) atoms. The van der Waals surface area contributed by atoms with Crippen molar-refractivity contribution in [3.05, 3.63) is 59.7 Å². The first kappa shape index (κ1) is 20.3. The zero-order valence-electron chi connectivity index (χ0n) is 14.6. The number of hydrogen-bond acceptors (Lipinski definition) is 3. The van der Waals surface area contributed by atoms with Gasteiger partial charge in [-0.15, -0.1) is 0 Å². The maximum atomic E-state index is 12.1. The Morgan fingerprint density at radius 3 is 2.33 bits per heavy atom. The van der Waals surface area contributed by atoms with Gasteiger partial charge < -0.3 is 15.4 Å². The molecule has 0 heterocycles. The van der Waals surface area contributed by atoms with Gasteiger partial charge in [0.1, 0.15) is 5.75 Å². The highest BCUT2D eigenvalue weighted by Gasteiger charge is 2.38. The number of benzene rings is 2. The second-order valence-electron chi connectivity index (χ2n) is 5.74. The quantitative estimate of drug-likeness (QED) is 0.773. The molecule has 2 N–H and O–H groups in total. The summed E-state index contributed by atoms with van der Waals surface area (Å²) >= 11 is 0. The summed E-state index contributed by atoms with van der Waals surface area (Å²) in [4.78, 5) is 22.8. The fourth-order valence-corrected chi connectivity index (χ4v) is 2.37. The Labute approximate surface area is 154 Å². The first-order valence-corrected chi connectivity index (χ1v) is 8.15. The predicted molar refractivity (Wildman–Crippen MR) is 94.3 cm³/mol. The third-order valence-electron chi connectivity index (χ3n) is 3.76. The van der Waals surface area contributed by atoms with Gasteiger partial charge in [0.15, 0.2) is 0 Å². The summed E-state index contributed by atoms with van der Waals surface area (Å²) in [5.74, 6) is -1.47. The van der Waals surface area contributed by atoms with Gasteiger partial charge in [0.05, 0.1) is 7.11 Å². The van der Waals surface area contributed by atoms with Crippen molar-refractivity contribution < 1.29 is 27.5 Å². The number of aryl methyl sites for hydroxylation is 1. The number of amides is 2. The second-order valence-corrected chi connectivity index (χ2v) is 5.74. The lowest BCUT2D eigenvalue weighted by molar-refractivity contribution is -0.173. The summed E-state index contributed by atoms with van der Waals surface area (Å²) in [5.41, 5.74) is 1.93. The van der Waals surface area contributed by atoms with Gasteiger partial charge in [-0.2, -0.15) is 13.2 Å². The van der Waals surface area contributed by atoms with Gasteiger partial charge in [-0.25, -0.2) is 0 Å². The number of halogens is 3. The highest BCUT2D eigenvalue weighted by molar-refractivity contribution is 5.90. The van der Waals surface area contributed by atoms with Crippen LogP contribution in [0.1, 0.15) is 17.5 Å². The molecule has 0 saturated heterocycles. The van der Waals surface area contributed by atoms with Crippen molar-refractivity contribution in [3.8, 4) is 5.75 Å². The number of carbonyl (C=O) groups excluding carboxylic acids is 2. The number of methoxy groups -OCH3 is 1. The van der Waals surface area contributed by atoms with Gasteiger partial charge in [0.2, 0.25) is 5.91 Å². The number of alkyl halides is 3. The zero-order chi connectivity index (χ0) is 19.9. The fourth-order valence-electron chi connectivity index (χ4n) is 2.37. The maximum Gasteiger partial charge on any atom is 0.471 e. The van der Waals surface area contributed by atoms with Crippen LogP contribution in [0.4, 0.5) is 18.9 Å². The average molecular weight is 380 g/mol. The van der Waals surface area contributed by atoms with E-state index in [1.165, 1.54) is 12.1 Å². The summed E-state index contributed by atoms with van der Waals surface area (Å²) < 4.78 is 41.6. The molecule has 0 atom stereocenters. The number of rotatable bonds is 7. The van der Waals surface area contributed by atoms with E-state index in [2.05, 4.69) is 5.32 Å². The van der Waals surface area contributed by atoms with Crippen molar-refractivity contribution in [1.82, 2.24) is 5.32 Å². The van der Waals surface area contributed by atoms with E-state index < -0.39 is 12.1 Å². The molecule has 2 rings (SSSR count). The molecule has 144 valence electrons. The first-order valence-electron chi connectivity index (χ1n) is 8.15. The average Bonchev–Trinajstić information content (AvgIpc) is 2.65. The van der Waals surface area contributed by atoms with Crippen LogP contribution in [0.3, 0.4) is 0 Å². The minimum absolute atomic E-state index is 0.195. The molecule has 0 unspecified atom stereocenters. The molecule has 0 aliphatic rings. The summed E-state index contributed by atoms with van der Waals surface area (Å²) in [6.45, 7) is -0.250. The second kappa shape index (κ2) is 9.07. The van der Waals surface area contributed by atoms with Gasteiger partial charge in [0, 0.05) is 18.7 Å². The number of anilines is 1. The van der Waals surface area contributed by atoms with Crippen molar-refractivity contribution in [2.24, 2.45) is 0 Å². The summed E-state index contributed by atoms with van der Waals surface area (Å²) in [7, 11) is 1.57. The largest absolute Gasteiger partial charge is 0.496 e. The Morgan fingerprint density at radius 1 is 1.04 bits per heavy atom. The molecule has 2 amide bonds. The van der Waals surface area contributed by atoms with Crippen molar-refractivity contribution in [1.29, 1.82) is 0 Å². The van der Waals surface area contributed by atoms with E-state index in [9.17, 15) is 22.8 Å². The third-order valence-corrected chi connectivity index (χ3v) is 3.76. The molecule has 0 bridgehead atoms. The fraction of sp³-hybridized carbons (Fsp3) is 0.263. The van der Waals surface area contributed by atoms with Crippen molar-refractivity contribution in [2.75, 3.05) is 12.4 Å². The summed E-state index contributed by atoms with van der Waals surface area (Å²) in [5, 5.41) is 4.50. The number of para-hydroxylation sites is 1. The highest BCUT2D eigenvalue weighted by Crippen LogP contribution is 2.19. The molecule has 0 aliphatic carbocycles. The lowest BCUT2D eigenvalue weighted by atomic mass is 10.1. The normalized spacial score (nSPS) is 11.0. The van der Waals surface area contributed by atoms with Crippen LogP contribution in [0.25, 0.3) is 0 Å². The van der Waals surface area contributed by atoms with Crippen molar-refractivity contribution in [2.45, 2.75) is 25.6 Å². The van der Waals surface area contributed by atoms with E-state index >= 15 is 0 Å². The van der Waals surface area contributed by atoms with Gasteiger partial charge in [-0.1, -0.05) is 30.3 Å². The van der Waals surface area contributed by atoms with Crippen molar-refractivity contribution >= 4 is 17.5 Å². The Bertz CT molecular complexity index is 790. The molecule has 2 aromatic rings. The summed E-state index contributed by atoms with van der Waals surface area (Å²) in [6.07, 6.45) is -4.14. The van der Waals surface area contributed by atoms with E-state index in [4.69, 9.17) is 4.74 Å². The predicted octanol–water partition coefficient (Wildman–Crippen LogP) is 3.45. The van der Waals surface area contributed by atoms with Crippen molar-refractivity contribution in [3.63, 3.8) is 0 Å². The lowest BCUT2D eigenvalue weighted by Crippen LogP contribution is -2.36. The Hall–Kier alpha value is -3.03. The monoisotopic (exact) mass is 380 g/mol. The molecule has 2 aromatic carbocycles. The molecule has 0 spiro atoms. The molecule has 0 aliphatic heterocycles. The topological polar surface area (TPSA) is 67.4 Å². The van der Waals surface area contributed by atoms with Crippen LogP contribution in [0.2, 0.25) is 0 Å². The van der Waals surface area contributed by atoms with Crippen LogP contribution in [0, 0.1) is 0 Å². The van der Waals surface area contributed by atoms with Crippen LogP contribution < -0.4 is 15.4 Å². The maximum absolute atomic E-state index is 12.1. The third kappa shape index (κ3) is 6.32. The first-order chi connectivity index (χ1) is 12.8. The van der Waals surface area contributed by atoms with Crippen LogP contribution >= 0.6 is 0 Å². The van der Waals surface area contributed by atoms with E-state index in [0.29, 0.717) is 17.7 Å². The minimum Gasteiger partial charge on any atom is -0.496 e. The van der Waals surface area contributed by atoms with Gasteiger partial charge in [-0.3, -0.25) is 9.59 Å². The number of carbonyl (C=O) groups is 2. The molecule has 5 nitrogen and oxygen atoms in total. The number of hydrogen-bond donors (Lipinski definition) is 2. The lowest BCUT2D eigenvalue weighted by Gasteiger charge is -2.10. The van der Waals surface area contributed by atoms with E-state index in [1.54, 1.807) is 24.6 Å². The Morgan fingerprint density at radius 2 is 1.70 bits per heavy atom. The Kier molecular flexibility index (Phi) is 6.81. The van der Waals surface area contributed by atoms with Gasteiger partial charge in [0.25, 0.3) is 0 Å². The summed E-state index contributed by atoms with van der Waals surface area (Å²) in [6, 6.07) is 13.6. The standard InChI is InChI=1S/C19H19F3N2O3/c1-27-16-5-3-2-4-14(16)8-11-17(25)24-15-9-6-13(7-10-15)12-23-18(26)19(20,21)22/h2-7,9-10H,8,11-12H2,1H3,(H,23,26)(H,24,25). The SMILES string of the molecule is COc1ccccc1CCC(=O)Nc1ccc(CNC(=O)C(F)(F)F)cc1. The van der Waals surface area contributed by atoms with E-state index in [-0.39, 0.29) is 18.9 Å². The smallest absolute Gasteiger partial charge is 0.471 e. The zero-order valence-corrected chi connectivity index (χ0v) is 14.6. The molecular weight excluding hydrogens is 361 g/mol. The van der Waals surface area contributed by atoms with Gasteiger partial charge in [-0.05, 0) is 35.7 Å². The molecular formula is C19H19F3N2O3. The molecule has 0 saturated carbocycles. The van der Waals surface area contributed by atoms with Crippen LogP contribution in [-0.4, -0.2) is 25.1 Å². The van der Waals surface area contributed by atoms with Crippen LogP contribution in [-0.2, 0) is 22.6 Å². The molecule has 8 heteroatoms. The highest BCUT2D eigenvalue weighted by atomic mass is 19.4. The number of nitrogens with one attached hydrogen (secondary N) is 2. The van der Waals surface area contributed by atoms with E-state index in [0.717, 1.165) is 11.3 Å². The molecule has 0 fully saturated rings. The van der Waals surface area contributed by atoms with Crippen LogP contribution in [0.15, 0.2) is 48.5 Å². The van der Waals surface area contributed by atoms with Gasteiger partial charge >= 0.3 is 12.1 Å². The minimum atomic E-state index is -4.91. The molecule has 0 aromatic heterocycles. The number of ether oxygens (including phenoxy) is 1. The molecule has 0 radical (unpaired) electrons.